The van der Waals surface area contributed by atoms with Crippen molar-refractivity contribution in [3.8, 4) is 5.75 Å². The van der Waals surface area contributed by atoms with Crippen molar-refractivity contribution >= 4 is 23.3 Å². The standard InChI is InChI=1S/C23H27NO2.ClH/c1-2-3-4-10-21(25)15-18-8-7-11-22(16-18)26-17-20-14-13-19-9-5-6-12-23(19)24-20;/h5-9,11-14,16,21,25H,2-4,10,15,17H2,1H3;1H. The van der Waals surface area contributed by atoms with Gasteiger partial charge in [0.2, 0.25) is 0 Å². The highest BCUT2D eigenvalue weighted by Crippen LogP contribution is 2.18. The fourth-order valence-corrected chi connectivity index (χ4v) is 3.11. The van der Waals surface area contributed by atoms with Crippen LogP contribution in [0.3, 0.4) is 0 Å². The van der Waals surface area contributed by atoms with E-state index in [2.05, 4.69) is 24.0 Å². The second kappa shape index (κ2) is 10.9. The molecular formula is C23H28ClNO2. The van der Waals surface area contributed by atoms with Gasteiger partial charge in [0.15, 0.2) is 0 Å². The van der Waals surface area contributed by atoms with Gasteiger partial charge in [0.05, 0.1) is 17.3 Å². The Hall–Kier alpha value is -2.10. The SMILES string of the molecule is CCCCCC(O)Cc1cccc(OCc2ccc3ccccc3n2)c1.Cl. The Morgan fingerprint density at radius 1 is 1.00 bits per heavy atom. The van der Waals surface area contributed by atoms with Crippen LogP contribution in [0, 0.1) is 0 Å². The maximum absolute atomic E-state index is 10.2. The van der Waals surface area contributed by atoms with Crippen LogP contribution in [0.2, 0.25) is 0 Å². The first-order chi connectivity index (χ1) is 12.7. The molecule has 2 aromatic carbocycles. The number of hydrogen-bond donors (Lipinski definition) is 1. The number of aliphatic hydroxyl groups is 1. The molecule has 1 atom stereocenters. The molecule has 1 aromatic heterocycles. The molecular weight excluding hydrogens is 358 g/mol. The third kappa shape index (κ3) is 6.53. The van der Waals surface area contributed by atoms with E-state index in [0.717, 1.165) is 40.8 Å². The lowest BCUT2D eigenvalue weighted by molar-refractivity contribution is 0.161. The molecule has 0 amide bonds. The molecule has 3 nitrogen and oxygen atoms in total. The van der Waals surface area contributed by atoms with E-state index in [1.807, 2.05) is 48.5 Å². The van der Waals surface area contributed by atoms with Crippen LogP contribution in [0.5, 0.6) is 5.75 Å². The summed E-state index contributed by atoms with van der Waals surface area (Å²) in [5.41, 5.74) is 3.00. The quantitative estimate of drug-likeness (QED) is 0.479. The predicted octanol–water partition coefficient (Wildman–Crippen LogP) is 5.72. The maximum Gasteiger partial charge on any atom is 0.130 e. The van der Waals surface area contributed by atoms with Crippen molar-refractivity contribution in [1.82, 2.24) is 4.98 Å². The topological polar surface area (TPSA) is 42.4 Å². The minimum Gasteiger partial charge on any atom is -0.487 e. The molecule has 0 fully saturated rings. The number of aromatic nitrogens is 1. The van der Waals surface area contributed by atoms with Crippen molar-refractivity contribution in [2.75, 3.05) is 0 Å². The van der Waals surface area contributed by atoms with Crippen molar-refractivity contribution in [3.63, 3.8) is 0 Å². The van der Waals surface area contributed by atoms with Crippen molar-refractivity contribution in [3.05, 3.63) is 71.9 Å². The first-order valence-corrected chi connectivity index (χ1v) is 9.49. The number of rotatable bonds is 9. The number of benzene rings is 2. The molecule has 3 rings (SSSR count). The van der Waals surface area contributed by atoms with Gasteiger partial charge in [-0.2, -0.15) is 0 Å². The van der Waals surface area contributed by atoms with Crippen LogP contribution < -0.4 is 4.74 Å². The number of para-hydroxylation sites is 1. The van der Waals surface area contributed by atoms with E-state index in [-0.39, 0.29) is 18.5 Å². The van der Waals surface area contributed by atoms with Crippen LogP contribution in [-0.2, 0) is 13.0 Å². The zero-order chi connectivity index (χ0) is 18.2. The second-order valence-electron chi connectivity index (χ2n) is 6.79. The van der Waals surface area contributed by atoms with Gasteiger partial charge in [0.1, 0.15) is 12.4 Å². The molecule has 0 saturated carbocycles. The molecule has 0 aliphatic carbocycles. The Morgan fingerprint density at radius 3 is 2.70 bits per heavy atom. The van der Waals surface area contributed by atoms with Gasteiger partial charge < -0.3 is 9.84 Å². The van der Waals surface area contributed by atoms with Crippen LogP contribution >= 0.6 is 12.4 Å². The number of unbranched alkanes of at least 4 members (excludes halogenated alkanes) is 2. The van der Waals surface area contributed by atoms with Crippen LogP contribution in [0.1, 0.15) is 43.9 Å². The molecule has 1 N–H and O–H groups in total. The van der Waals surface area contributed by atoms with Gasteiger partial charge in [-0.05, 0) is 42.7 Å². The summed E-state index contributed by atoms with van der Waals surface area (Å²) >= 11 is 0. The monoisotopic (exact) mass is 385 g/mol. The molecule has 0 spiro atoms. The lowest BCUT2D eigenvalue weighted by atomic mass is 10.0. The summed E-state index contributed by atoms with van der Waals surface area (Å²) < 4.78 is 5.92. The highest BCUT2D eigenvalue weighted by molar-refractivity contribution is 5.85. The van der Waals surface area contributed by atoms with Gasteiger partial charge in [-0.25, -0.2) is 4.98 Å². The number of fused-ring (bicyclic) bond motifs is 1. The summed E-state index contributed by atoms with van der Waals surface area (Å²) in [5.74, 6) is 0.818. The van der Waals surface area contributed by atoms with Crippen LogP contribution in [0.15, 0.2) is 60.7 Å². The fourth-order valence-electron chi connectivity index (χ4n) is 3.11. The molecule has 1 unspecified atom stereocenters. The van der Waals surface area contributed by atoms with Gasteiger partial charge in [0, 0.05) is 5.39 Å². The smallest absolute Gasteiger partial charge is 0.130 e. The van der Waals surface area contributed by atoms with Crippen LogP contribution in [0.4, 0.5) is 0 Å². The Balaban J connectivity index is 0.00000261. The van der Waals surface area contributed by atoms with E-state index >= 15 is 0 Å². The maximum atomic E-state index is 10.2. The third-order valence-electron chi connectivity index (χ3n) is 4.55. The van der Waals surface area contributed by atoms with Crippen molar-refractivity contribution in [2.45, 2.75) is 51.7 Å². The third-order valence-corrected chi connectivity index (χ3v) is 4.55. The summed E-state index contributed by atoms with van der Waals surface area (Å²) in [4.78, 5) is 4.64. The van der Waals surface area contributed by atoms with E-state index in [9.17, 15) is 5.11 Å². The number of halogens is 1. The van der Waals surface area contributed by atoms with Crippen LogP contribution in [0.25, 0.3) is 10.9 Å². The molecule has 4 heteroatoms. The molecule has 27 heavy (non-hydrogen) atoms. The fraction of sp³-hybridized carbons (Fsp3) is 0.348. The molecule has 1 heterocycles. The lowest BCUT2D eigenvalue weighted by Crippen LogP contribution is -2.10. The molecule has 0 aliphatic rings. The van der Waals surface area contributed by atoms with Gasteiger partial charge in [-0.3, -0.25) is 0 Å². The number of nitrogens with zero attached hydrogens (tertiary/aromatic N) is 1. The minimum atomic E-state index is -0.279. The van der Waals surface area contributed by atoms with Crippen molar-refractivity contribution in [1.29, 1.82) is 0 Å². The lowest BCUT2D eigenvalue weighted by Gasteiger charge is -2.12. The van der Waals surface area contributed by atoms with E-state index in [1.54, 1.807) is 0 Å². The largest absolute Gasteiger partial charge is 0.487 e. The Kier molecular flexibility index (Phi) is 8.56. The average molecular weight is 386 g/mol. The highest BCUT2D eigenvalue weighted by Gasteiger charge is 2.07. The Bertz CT molecular complexity index is 837. The van der Waals surface area contributed by atoms with E-state index in [4.69, 9.17) is 4.74 Å². The molecule has 0 aliphatic heterocycles. The molecule has 0 saturated heterocycles. The summed E-state index contributed by atoms with van der Waals surface area (Å²) in [6, 6.07) is 20.2. The van der Waals surface area contributed by atoms with Crippen molar-refractivity contribution in [2.24, 2.45) is 0 Å². The van der Waals surface area contributed by atoms with E-state index < -0.39 is 0 Å². The zero-order valence-corrected chi connectivity index (χ0v) is 16.6. The summed E-state index contributed by atoms with van der Waals surface area (Å²) in [7, 11) is 0. The van der Waals surface area contributed by atoms with Gasteiger partial charge in [-0.15, -0.1) is 12.4 Å². The average Bonchev–Trinajstić information content (AvgIpc) is 2.67. The van der Waals surface area contributed by atoms with Gasteiger partial charge in [-0.1, -0.05) is 62.6 Å². The number of hydrogen-bond acceptors (Lipinski definition) is 3. The zero-order valence-electron chi connectivity index (χ0n) is 15.8. The highest BCUT2D eigenvalue weighted by atomic mass is 35.5. The number of pyridine rings is 1. The second-order valence-corrected chi connectivity index (χ2v) is 6.79. The normalized spacial score (nSPS) is 11.8. The molecule has 3 aromatic rings. The Morgan fingerprint density at radius 2 is 1.85 bits per heavy atom. The summed E-state index contributed by atoms with van der Waals surface area (Å²) in [5, 5.41) is 11.3. The molecule has 0 bridgehead atoms. The first-order valence-electron chi connectivity index (χ1n) is 9.49. The van der Waals surface area contributed by atoms with E-state index in [1.165, 1.54) is 12.8 Å². The van der Waals surface area contributed by atoms with Crippen molar-refractivity contribution < 1.29 is 9.84 Å². The molecule has 144 valence electrons. The summed E-state index contributed by atoms with van der Waals surface area (Å²) in [6.07, 6.45) is 4.70. The first kappa shape index (κ1) is 21.2. The predicted molar refractivity (Wildman–Crippen MR) is 114 cm³/mol. The van der Waals surface area contributed by atoms with Gasteiger partial charge >= 0.3 is 0 Å². The number of aliphatic hydroxyl groups excluding tert-OH is 1. The van der Waals surface area contributed by atoms with Gasteiger partial charge in [0.25, 0.3) is 0 Å². The summed E-state index contributed by atoms with van der Waals surface area (Å²) in [6.45, 7) is 2.62. The van der Waals surface area contributed by atoms with E-state index in [0.29, 0.717) is 13.0 Å². The Labute approximate surface area is 167 Å². The molecule has 0 radical (unpaired) electrons. The minimum absolute atomic E-state index is 0. The number of ether oxygens (including phenoxy) is 1. The van der Waals surface area contributed by atoms with Crippen LogP contribution in [-0.4, -0.2) is 16.2 Å².